The second kappa shape index (κ2) is 8.05. The number of nitrogens with zero attached hydrogens (tertiary/aromatic N) is 3. The first-order valence-corrected chi connectivity index (χ1v) is 8.10. The smallest absolute Gasteiger partial charge is 0.345 e. The maximum atomic E-state index is 12.1. The van der Waals surface area contributed by atoms with E-state index < -0.39 is 10.9 Å². The van der Waals surface area contributed by atoms with Crippen LogP contribution >= 0.6 is 0 Å². The Bertz CT molecular complexity index is 956. The molecule has 0 radical (unpaired) electrons. The first kappa shape index (κ1) is 18.0. The summed E-state index contributed by atoms with van der Waals surface area (Å²) in [6.07, 6.45) is 0. The van der Waals surface area contributed by atoms with Crippen LogP contribution in [0.5, 0.6) is 11.6 Å². The molecule has 3 rings (SSSR count). The number of nitro benzene ring substituents is 1. The summed E-state index contributed by atoms with van der Waals surface area (Å²) < 4.78 is 10.5. The van der Waals surface area contributed by atoms with E-state index in [-0.39, 0.29) is 17.1 Å². The number of aromatic nitrogens is 2. The number of non-ortho nitro benzene ring substituents is 1. The van der Waals surface area contributed by atoms with Crippen molar-refractivity contribution in [2.75, 3.05) is 6.61 Å². The van der Waals surface area contributed by atoms with Crippen LogP contribution in [0.4, 0.5) is 5.69 Å². The Morgan fingerprint density at radius 3 is 2.48 bits per heavy atom. The summed E-state index contributed by atoms with van der Waals surface area (Å²) in [7, 11) is 0. The molecule has 3 aromatic rings. The molecule has 1 heterocycles. The van der Waals surface area contributed by atoms with Crippen LogP contribution in [0.1, 0.15) is 17.3 Å². The normalized spacial score (nSPS) is 10.3. The number of ether oxygens (including phenoxy) is 2. The molecule has 0 amide bonds. The highest BCUT2D eigenvalue weighted by molar-refractivity contribution is 5.91. The van der Waals surface area contributed by atoms with E-state index in [1.54, 1.807) is 6.07 Å². The Labute approximate surface area is 154 Å². The lowest BCUT2D eigenvalue weighted by Crippen LogP contribution is -2.10. The van der Waals surface area contributed by atoms with Crippen LogP contribution in [-0.2, 0) is 0 Å². The molecule has 0 aliphatic heterocycles. The Hall–Kier alpha value is -3.81. The minimum absolute atomic E-state index is 0.00110. The molecule has 2 aromatic carbocycles. The second-order valence-electron chi connectivity index (χ2n) is 5.41. The number of carbonyl (C=O) groups is 1. The molecule has 1 aromatic heterocycles. The monoisotopic (exact) mass is 365 g/mol. The quantitative estimate of drug-likeness (QED) is 0.373. The fourth-order valence-electron chi connectivity index (χ4n) is 2.32. The molecule has 0 saturated carbocycles. The second-order valence-corrected chi connectivity index (χ2v) is 5.41. The first-order chi connectivity index (χ1) is 13.1. The van der Waals surface area contributed by atoms with Gasteiger partial charge in [-0.15, -0.1) is 10.2 Å². The Morgan fingerprint density at radius 1 is 1.07 bits per heavy atom. The van der Waals surface area contributed by atoms with Gasteiger partial charge in [0.25, 0.3) is 5.69 Å². The van der Waals surface area contributed by atoms with E-state index in [0.29, 0.717) is 12.3 Å². The fourth-order valence-corrected chi connectivity index (χ4v) is 2.32. The molecule has 0 bridgehead atoms. The highest BCUT2D eigenvalue weighted by Gasteiger charge is 2.14. The predicted molar refractivity (Wildman–Crippen MR) is 96.7 cm³/mol. The van der Waals surface area contributed by atoms with Crippen LogP contribution in [0.15, 0.2) is 60.7 Å². The molecule has 0 N–H and O–H groups in total. The van der Waals surface area contributed by atoms with Gasteiger partial charge in [0.2, 0.25) is 5.88 Å². The van der Waals surface area contributed by atoms with E-state index in [9.17, 15) is 14.9 Å². The number of rotatable bonds is 6. The van der Waals surface area contributed by atoms with Crippen molar-refractivity contribution in [1.29, 1.82) is 0 Å². The minimum Gasteiger partial charge on any atom is -0.494 e. The van der Waals surface area contributed by atoms with Crippen molar-refractivity contribution in [2.24, 2.45) is 0 Å². The number of nitro groups is 1. The van der Waals surface area contributed by atoms with Gasteiger partial charge < -0.3 is 9.47 Å². The molecule has 0 unspecified atom stereocenters. The fraction of sp³-hybridized carbons (Fsp3) is 0.105. The number of benzene rings is 2. The van der Waals surface area contributed by atoms with Crippen molar-refractivity contribution in [3.63, 3.8) is 0 Å². The van der Waals surface area contributed by atoms with Gasteiger partial charge in [0, 0.05) is 23.8 Å². The largest absolute Gasteiger partial charge is 0.494 e. The molecule has 27 heavy (non-hydrogen) atoms. The van der Waals surface area contributed by atoms with Gasteiger partial charge in [0.15, 0.2) is 0 Å². The summed E-state index contributed by atoms with van der Waals surface area (Å²) in [4.78, 5) is 22.3. The zero-order valence-electron chi connectivity index (χ0n) is 14.4. The molecular formula is C19H15N3O5. The summed E-state index contributed by atoms with van der Waals surface area (Å²) in [5.41, 5.74) is 1.30. The van der Waals surface area contributed by atoms with Crippen molar-refractivity contribution in [2.45, 2.75) is 6.92 Å². The zero-order valence-corrected chi connectivity index (χ0v) is 14.4. The molecule has 0 saturated heterocycles. The maximum Gasteiger partial charge on any atom is 0.345 e. The average molecular weight is 365 g/mol. The zero-order chi connectivity index (χ0) is 19.2. The van der Waals surface area contributed by atoms with E-state index in [4.69, 9.17) is 9.47 Å². The summed E-state index contributed by atoms with van der Waals surface area (Å²) in [6.45, 7) is 2.50. The minimum atomic E-state index is -0.748. The van der Waals surface area contributed by atoms with Crippen molar-refractivity contribution >= 4 is 11.7 Å². The van der Waals surface area contributed by atoms with Gasteiger partial charge in [-0.3, -0.25) is 10.1 Å². The van der Waals surface area contributed by atoms with Crippen molar-refractivity contribution in [1.82, 2.24) is 10.2 Å². The Balaban J connectivity index is 1.71. The molecule has 0 aliphatic rings. The van der Waals surface area contributed by atoms with E-state index in [1.165, 1.54) is 24.3 Å². The first-order valence-electron chi connectivity index (χ1n) is 8.10. The van der Waals surface area contributed by atoms with Crippen LogP contribution in [0, 0.1) is 10.1 Å². The third-order valence-electron chi connectivity index (χ3n) is 3.59. The lowest BCUT2D eigenvalue weighted by molar-refractivity contribution is -0.384. The molecule has 8 nitrogen and oxygen atoms in total. The maximum absolute atomic E-state index is 12.1. The van der Waals surface area contributed by atoms with Gasteiger partial charge >= 0.3 is 5.97 Å². The Morgan fingerprint density at radius 2 is 1.85 bits per heavy atom. The lowest BCUT2D eigenvalue weighted by atomic mass is 10.1. The highest BCUT2D eigenvalue weighted by Crippen LogP contribution is 2.22. The van der Waals surface area contributed by atoms with Crippen molar-refractivity contribution < 1.29 is 19.2 Å². The summed E-state index contributed by atoms with van der Waals surface area (Å²) in [5, 5.41) is 18.7. The van der Waals surface area contributed by atoms with Crippen LogP contribution in [0.2, 0.25) is 0 Å². The Kier molecular flexibility index (Phi) is 5.36. The summed E-state index contributed by atoms with van der Waals surface area (Å²) in [6, 6.07) is 15.8. The van der Waals surface area contributed by atoms with Crippen LogP contribution in [-0.4, -0.2) is 27.7 Å². The van der Waals surface area contributed by atoms with Crippen LogP contribution < -0.4 is 9.47 Å². The van der Waals surface area contributed by atoms with E-state index in [0.717, 1.165) is 17.4 Å². The molecular weight excluding hydrogens is 350 g/mol. The van der Waals surface area contributed by atoms with Crippen LogP contribution in [0.3, 0.4) is 0 Å². The van der Waals surface area contributed by atoms with E-state index >= 15 is 0 Å². The van der Waals surface area contributed by atoms with Crippen LogP contribution in [0.25, 0.3) is 11.3 Å². The molecule has 0 spiro atoms. The topological polar surface area (TPSA) is 104 Å². The molecule has 136 valence electrons. The van der Waals surface area contributed by atoms with E-state index in [2.05, 4.69) is 10.2 Å². The van der Waals surface area contributed by atoms with Gasteiger partial charge in [-0.05, 0) is 43.3 Å². The van der Waals surface area contributed by atoms with Crippen molar-refractivity contribution in [3.8, 4) is 22.9 Å². The number of carbonyl (C=O) groups excluding carboxylic acids is 1. The van der Waals surface area contributed by atoms with Gasteiger partial charge in [-0.2, -0.15) is 0 Å². The van der Waals surface area contributed by atoms with Gasteiger partial charge in [-0.25, -0.2) is 4.79 Å². The predicted octanol–water partition coefficient (Wildman–Crippen LogP) is 3.67. The lowest BCUT2D eigenvalue weighted by Gasteiger charge is -2.06. The number of hydrogen-bond donors (Lipinski definition) is 0. The summed E-state index contributed by atoms with van der Waals surface area (Å²) >= 11 is 0. The molecule has 8 heteroatoms. The van der Waals surface area contributed by atoms with Gasteiger partial charge in [-0.1, -0.05) is 6.07 Å². The number of hydrogen-bond acceptors (Lipinski definition) is 7. The molecule has 0 fully saturated rings. The molecule has 0 atom stereocenters. The number of esters is 1. The van der Waals surface area contributed by atoms with Crippen molar-refractivity contribution in [3.05, 3.63) is 76.3 Å². The third-order valence-corrected chi connectivity index (χ3v) is 3.59. The van der Waals surface area contributed by atoms with Gasteiger partial charge in [0.05, 0.1) is 22.8 Å². The van der Waals surface area contributed by atoms with Gasteiger partial charge in [0.1, 0.15) is 5.75 Å². The standard InChI is InChI=1S/C19H15N3O5/c1-2-26-16-8-6-13(7-9-16)17-10-11-18(21-20-17)27-19(23)14-4-3-5-15(12-14)22(24)25/h3-12H,2H2,1H3. The summed E-state index contributed by atoms with van der Waals surface area (Å²) in [5.74, 6) is 0.0136. The highest BCUT2D eigenvalue weighted by atomic mass is 16.6. The average Bonchev–Trinajstić information content (AvgIpc) is 2.69. The SMILES string of the molecule is CCOc1ccc(-c2ccc(OC(=O)c3cccc([N+](=O)[O-])c3)nn2)cc1. The van der Waals surface area contributed by atoms with E-state index in [1.807, 2.05) is 31.2 Å². The third kappa shape index (κ3) is 4.43. The molecule has 0 aliphatic carbocycles.